The fourth-order valence-electron chi connectivity index (χ4n) is 3.68. The maximum Gasteiger partial charge on any atom is 0.191 e. The van der Waals surface area contributed by atoms with E-state index in [4.69, 9.17) is 4.74 Å². The summed E-state index contributed by atoms with van der Waals surface area (Å²) in [5.74, 6) is 0.574. The summed E-state index contributed by atoms with van der Waals surface area (Å²) in [7, 11) is 5.96. The lowest BCUT2D eigenvalue weighted by Crippen LogP contribution is -2.48. The molecule has 29 heavy (non-hydrogen) atoms. The monoisotopic (exact) mass is 521 g/mol. The molecule has 2 N–H and O–H groups in total. The third-order valence-corrected chi connectivity index (χ3v) is 4.91. The molecule has 0 bridgehead atoms. The molecule has 6 nitrogen and oxygen atoms in total. The fourth-order valence-corrected chi connectivity index (χ4v) is 3.68. The second-order valence-electron chi connectivity index (χ2n) is 8.42. The molecule has 1 unspecified atom stereocenters. The van der Waals surface area contributed by atoms with Crippen LogP contribution in [0.2, 0.25) is 0 Å². The molecule has 0 saturated carbocycles. The fraction of sp³-hybridized carbons (Fsp3) is 0.667. The molecule has 166 valence electrons. The van der Waals surface area contributed by atoms with Gasteiger partial charge in [0, 0.05) is 39.8 Å². The Labute approximate surface area is 192 Å². The molecule has 0 amide bonds. The van der Waals surface area contributed by atoms with Crippen molar-refractivity contribution in [3.8, 4) is 0 Å². The molecular formula is C21H37FIN5O. The van der Waals surface area contributed by atoms with Gasteiger partial charge in [-0.1, -0.05) is 26.0 Å². The number of aliphatic imine (C=N–C) groups is 1. The number of nitrogens with one attached hydrogen (secondary N) is 2. The van der Waals surface area contributed by atoms with Crippen molar-refractivity contribution in [3.63, 3.8) is 0 Å². The quantitative estimate of drug-likeness (QED) is 0.313. The van der Waals surface area contributed by atoms with Crippen LogP contribution in [0.15, 0.2) is 29.3 Å². The van der Waals surface area contributed by atoms with Gasteiger partial charge in [0.25, 0.3) is 0 Å². The van der Waals surface area contributed by atoms with Gasteiger partial charge in [-0.05, 0) is 37.2 Å². The zero-order valence-electron chi connectivity index (χ0n) is 18.4. The highest BCUT2D eigenvalue weighted by Gasteiger charge is 2.24. The number of hydrogen-bond acceptors (Lipinski definition) is 4. The van der Waals surface area contributed by atoms with E-state index in [9.17, 15) is 4.39 Å². The average molecular weight is 521 g/mol. The van der Waals surface area contributed by atoms with E-state index in [0.29, 0.717) is 6.54 Å². The van der Waals surface area contributed by atoms with Crippen molar-refractivity contribution in [2.75, 3.05) is 67.1 Å². The molecule has 1 aromatic carbocycles. The maximum absolute atomic E-state index is 13.4. The Balaban J connectivity index is 0.00000420. The molecular weight excluding hydrogens is 484 g/mol. The van der Waals surface area contributed by atoms with Crippen LogP contribution in [-0.2, 0) is 4.74 Å². The van der Waals surface area contributed by atoms with E-state index in [-0.39, 0.29) is 41.3 Å². The zero-order chi connectivity index (χ0) is 20.6. The van der Waals surface area contributed by atoms with Crippen LogP contribution in [0.1, 0.15) is 25.5 Å². The number of ether oxygens (including phenoxy) is 1. The van der Waals surface area contributed by atoms with Gasteiger partial charge in [0.05, 0.1) is 19.3 Å². The predicted molar refractivity (Wildman–Crippen MR) is 129 cm³/mol. The normalized spacial score (nSPS) is 17.0. The first kappa shape index (κ1) is 26.1. The topological polar surface area (TPSA) is 52.1 Å². The molecule has 1 saturated heterocycles. The van der Waals surface area contributed by atoms with Crippen molar-refractivity contribution in [3.05, 3.63) is 35.6 Å². The predicted octanol–water partition coefficient (Wildman–Crippen LogP) is 2.57. The van der Waals surface area contributed by atoms with Crippen molar-refractivity contribution in [2.45, 2.75) is 19.9 Å². The lowest BCUT2D eigenvalue weighted by atomic mass is 9.93. The number of morpholine rings is 1. The van der Waals surface area contributed by atoms with E-state index in [1.807, 2.05) is 12.1 Å². The van der Waals surface area contributed by atoms with E-state index in [1.54, 1.807) is 7.05 Å². The SMILES string of the molecule is CN=C(NCC(c1ccc(F)cc1)N1CCOCC1)NCC(C)(C)CN(C)C.I. The van der Waals surface area contributed by atoms with Gasteiger partial charge in [0.15, 0.2) is 5.96 Å². The van der Waals surface area contributed by atoms with Gasteiger partial charge < -0.3 is 20.3 Å². The smallest absolute Gasteiger partial charge is 0.191 e. The summed E-state index contributed by atoms with van der Waals surface area (Å²) in [6.45, 7) is 10.2. The molecule has 1 aromatic rings. The Morgan fingerprint density at radius 1 is 1.21 bits per heavy atom. The van der Waals surface area contributed by atoms with Gasteiger partial charge in [-0.3, -0.25) is 9.89 Å². The summed E-state index contributed by atoms with van der Waals surface area (Å²) in [5, 5.41) is 6.90. The molecule has 1 fully saturated rings. The van der Waals surface area contributed by atoms with Crippen molar-refractivity contribution < 1.29 is 9.13 Å². The lowest BCUT2D eigenvalue weighted by molar-refractivity contribution is 0.0169. The first-order valence-electron chi connectivity index (χ1n) is 9.97. The highest BCUT2D eigenvalue weighted by atomic mass is 127. The number of benzene rings is 1. The summed E-state index contributed by atoms with van der Waals surface area (Å²) in [6, 6.07) is 6.93. The van der Waals surface area contributed by atoms with Crippen molar-refractivity contribution in [1.82, 2.24) is 20.4 Å². The third kappa shape index (κ3) is 9.15. The lowest BCUT2D eigenvalue weighted by Gasteiger charge is -2.35. The van der Waals surface area contributed by atoms with Crippen LogP contribution in [0, 0.1) is 11.2 Å². The van der Waals surface area contributed by atoms with Crippen LogP contribution in [-0.4, -0.2) is 82.8 Å². The largest absolute Gasteiger partial charge is 0.379 e. The van der Waals surface area contributed by atoms with Crippen LogP contribution >= 0.6 is 24.0 Å². The van der Waals surface area contributed by atoms with Crippen LogP contribution < -0.4 is 10.6 Å². The van der Waals surface area contributed by atoms with Crippen LogP contribution in [0.4, 0.5) is 4.39 Å². The van der Waals surface area contributed by atoms with Crippen LogP contribution in [0.25, 0.3) is 0 Å². The third-order valence-electron chi connectivity index (χ3n) is 4.91. The molecule has 1 aliphatic rings. The molecule has 0 aliphatic carbocycles. The summed E-state index contributed by atoms with van der Waals surface area (Å²) in [6.07, 6.45) is 0. The first-order chi connectivity index (χ1) is 13.3. The van der Waals surface area contributed by atoms with Crippen LogP contribution in [0.5, 0.6) is 0 Å². The van der Waals surface area contributed by atoms with E-state index in [1.165, 1.54) is 12.1 Å². The number of rotatable bonds is 8. The Hall–Kier alpha value is -0.970. The van der Waals surface area contributed by atoms with Gasteiger partial charge in [-0.25, -0.2) is 4.39 Å². The van der Waals surface area contributed by atoms with E-state index < -0.39 is 0 Å². The molecule has 1 aliphatic heterocycles. The first-order valence-corrected chi connectivity index (χ1v) is 9.97. The highest BCUT2D eigenvalue weighted by Crippen LogP contribution is 2.21. The summed E-state index contributed by atoms with van der Waals surface area (Å²) < 4.78 is 18.9. The number of halogens is 2. The molecule has 1 heterocycles. The van der Waals surface area contributed by atoms with E-state index in [0.717, 1.165) is 50.9 Å². The van der Waals surface area contributed by atoms with Crippen molar-refractivity contribution >= 4 is 29.9 Å². The Bertz CT molecular complexity index is 618. The van der Waals surface area contributed by atoms with Gasteiger partial charge in [-0.2, -0.15) is 0 Å². The Morgan fingerprint density at radius 3 is 2.38 bits per heavy atom. The number of guanidine groups is 1. The Morgan fingerprint density at radius 2 is 1.83 bits per heavy atom. The molecule has 1 atom stereocenters. The maximum atomic E-state index is 13.4. The standard InChI is InChI=1S/C21H36FN5O.HI/c1-21(2,16-26(4)5)15-25-20(23-3)24-14-19(27-10-12-28-13-11-27)17-6-8-18(22)9-7-17;/h6-9,19H,10-16H2,1-5H3,(H2,23,24,25);1H. The molecule has 0 radical (unpaired) electrons. The highest BCUT2D eigenvalue weighted by molar-refractivity contribution is 14.0. The minimum Gasteiger partial charge on any atom is -0.379 e. The number of hydrogen-bond donors (Lipinski definition) is 2. The van der Waals surface area contributed by atoms with Gasteiger partial charge in [0.1, 0.15) is 5.82 Å². The molecule has 0 spiro atoms. The second kappa shape index (κ2) is 12.7. The summed E-state index contributed by atoms with van der Waals surface area (Å²) in [5.41, 5.74) is 1.22. The minimum absolute atomic E-state index is 0. The minimum atomic E-state index is -0.210. The van der Waals surface area contributed by atoms with Gasteiger partial charge in [-0.15, -0.1) is 24.0 Å². The summed E-state index contributed by atoms with van der Waals surface area (Å²) >= 11 is 0. The second-order valence-corrected chi connectivity index (χ2v) is 8.42. The molecule has 2 rings (SSSR count). The van der Waals surface area contributed by atoms with Gasteiger partial charge >= 0.3 is 0 Å². The zero-order valence-corrected chi connectivity index (χ0v) is 20.7. The van der Waals surface area contributed by atoms with E-state index >= 15 is 0 Å². The van der Waals surface area contributed by atoms with Gasteiger partial charge in [0.2, 0.25) is 0 Å². The van der Waals surface area contributed by atoms with Crippen molar-refractivity contribution in [1.29, 1.82) is 0 Å². The number of nitrogens with zero attached hydrogens (tertiary/aromatic N) is 3. The van der Waals surface area contributed by atoms with Crippen molar-refractivity contribution in [2.24, 2.45) is 10.4 Å². The molecule has 8 heteroatoms. The molecule has 0 aromatic heterocycles. The average Bonchev–Trinajstić information content (AvgIpc) is 2.65. The van der Waals surface area contributed by atoms with E-state index in [2.05, 4.69) is 53.4 Å². The Kier molecular flexibility index (Phi) is 11.4. The van der Waals surface area contributed by atoms with Crippen LogP contribution in [0.3, 0.4) is 0 Å². The summed E-state index contributed by atoms with van der Waals surface area (Å²) in [4.78, 5) is 8.95.